The summed E-state index contributed by atoms with van der Waals surface area (Å²) in [6, 6.07) is 0. The first kappa shape index (κ1) is 13.0. The zero-order valence-corrected chi connectivity index (χ0v) is 10.6. The molecule has 4 N–H and O–H groups in total. The summed E-state index contributed by atoms with van der Waals surface area (Å²) in [6.45, 7) is 2.96. The van der Waals surface area contributed by atoms with Gasteiger partial charge in [-0.3, -0.25) is 9.78 Å². The molecule has 1 unspecified atom stereocenters. The standard InChI is InChI=1S/C9H14N4O4S/c1-9(2-3-10-5-9)13-18(16,17)6-4-11-8(15)12-7(6)14/h4,10,13H,2-3,5H2,1H3,(H2,11,12,14,15). The maximum Gasteiger partial charge on any atom is 0.325 e. The summed E-state index contributed by atoms with van der Waals surface area (Å²) in [5, 5.41) is 3.04. The molecule has 2 rings (SSSR count). The number of hydrogen-bond acceptors (Lipinski definition) is 5. The third-order valence-electron chi connectivity index (χ3n) is 2.82. The van der Waals surface area contributed by atoms with Gasteiger partial charge in [0.2, 0.25) is 10.0 Å². The normalized spacial score (nSPS) is 24.3. The Kier molecular flexibility index (Phi) is 3.13. The predicted octanol–water partition coefficient (Wildman–Crippen LogP) is -1.91. The second-order valence-corrected chi connectivity index (χ2v) is 6.18. The SMILES string of the molecule is CC1(NS(=O)(=O)c2c[nH]c(=O)[nH]c2=O)CCNC1. The van der Waals surface area contributed by atoms with Crippen LogP contribution >= 0.6 is 0 Å². The van der Waals surface area contributed by atoms with Crippen molar-refractivity contribution in [3.05, 3.63) is 27.0 Å². The number of sulfonamides is 1. The fourth-order valence-electron chi connectivity index (χ4n) is 1.88. The van der Waals surface area contributed by atoms with E-state index in [1.807, 2.05) is 4.98 Å². The molecule has 2 heterocycles. The van der Waals surface area contributed by atoms with Crippen LogP contribution in [0.5, 0.6) is 0 Å². The van der Waals surface area contributed by atoms with Crippen LogP contribution in [0, 0.1) is 0 Å². The number of hydrogen-bond donors (Lipinski definition) is 4. The van der Waals surface area contributed by atoms with E-state index in [9.17, 15) is 18.0 Å². The Labute approximate surface area is 103 Å². The van der Waals surface area contributed by atoms with Crippen LogP contribution in [0.1, 0.15) is 13.3 Å². The van der Waals surface area contributed by atoms with E-state index in [1.165, 1.54) is 0 Å². The highest BCUT2D eigenvalue weighted by molar-refractivity contribution is 7.89. The van der Waals surface area contributed by atoms with Crippen LogP contribution in [0.2, 0.25) is 0 Å². The monoisotopic (exact) mass is 274 g/mol. The van der Waals surface area contributed by atoms with Gasteiger partial charge in [0.05, 0.1) is 0 Å². The summed E-state index contributed by atoms with van der Waals surface area (Å²) in [5.41, 5.74) is -2.30. The molecule has 1 saturated heterocycles. The van der Waals surface area contributed by atoms with Gasteiger partial charge in [-0.1, -0.05) is 0 Å². The summed E-state index contributed by atoms with van der Waals surface area (Å²) in [6.07, 6.45) is 1.53. The molecule has 1 aliphatic heterocycles. The van der Waals surface area contributed by atoms with E-state index in [0.29, 0.717) is 19.5 Å². The molecule has 0 saturated carbocycles. The predicted molar refractivity (Wildman–Crippen MR) is 63.9 cm³/mol. The van der Waals surface area contributed by atoms with E-state index in [1.54, 1.807) is 6.92 Å². The smallest absolute Gasteiger partial charge is 0.315 e. The third-order valence-corrected chi connectivity index (χ3v) is 4.47. The molecule has 1 aromatic heterocycles. The van der Waals surface area contributed by atoms with Crippen molar-refractivity contribution < 1.29 is 8.42 Å². The molecule has 1 atom stereocenters. The topological polar surface area (TPSA) is 124 Å². The maximum absolute atomic E-state index is 12.0. The molecular formula is C9H14N4O4S. The summed E-state index contributed by atoms with van der Waals surface area (Å²) in [7, 11) is -3.95. The lowest BCUT2D eigenvalue weighted by Gasteiger charge is -2.23. The van der Waals surface area contributed by atoms with Crippen molar-refractivity contribution in [1.82, 2.24) is 20.0 Å². The van der Waals surface area contributed by atoms with E-state index < -0.39 is 31.7 Å². The minimum absolute atomic E-state index is 0.491. The highest BCUT2D eigenvalue weighted by Crippen LogP contribution is 2.16. The van der Waals surface area contributed by atoms with Crippen molar-refractivity contribution in [1.29, 1.82) is 0 Å². The van der Waals surface area contributed by atoms with Crippen molar-refractivity contribution in [3.63, 3.8) is 0 Å². The quantitative estimate of drug-likeness (QED) is 0.512. The molecule has 8 nitrogen and oxygen atoms in total. The van der Waals surface area contributed by atoms with Crippen LogP contribution in [0.4, 0.5) is 0 Å². The number of aromatic nitrogens is 2. The number of H-pyrrole nitrogens is 2. The molecule has 1 aromatic rings. The Bertz CT molecular complexity index is 654. The Morgan fingerprint density at radius 1 is 1.39 bits per heavy atom. The zero-order valence-electron chi connectivity index (χ0n) is 9.74. The second kappa shape index (κ2) is 4.34. The summed E-state index contributed by atoms with van der Waals surface area (Å²) in [4.78, 5) is 25.8. The lowest BCUT2D eigenvalue weighted by Crippen LogP contribution is -2.48. The molecule has 0 aromatic carbocycles. The number of nitrogens with one attached hydrogen (secondary N) is 4. The zero-order chi connectivity index (χ0) is 13.4. The van der Waals surface area contributed by atoms with E-state index in [0.717, 1.165) is 6.20 Å². The lowest BCUT2D eigenvalue weighted by atomic mass is 10.0. The first-order valence-electron chi connectivity index (χ1n) is 5.39. The van der Waals surface area contributed by atoms with Gasteiger partial charge in [0.25, 0.3) is 5.56 Å². The molecule has 0 amide bonds. The molecule has 18 heavy (non-hydrogen) atoms. The first-order valence-corrected chi connectivity index (χ1v) is 6.87. The second-order valence-electron chi connectivity index (χ2n) is 4.53. The Morgan fingerprint density at radius 3 is 2.67 bits per heavy atom. The van der Waals surface area contributed by atoms with Gasteiger partial charge in [-0.25, -0.2) is 17.9 Å². The lowest BCUT2D eigenvalue weighted by molar-refractivity contribution is 0.451. The summed E-state index contributed by atoms with van der Waals surface area (Å²) < 4.78 is 26.6. The highest BCUT2D eigenvalue weighted by atomic mass is 32.2. The third kappa shape index (κ3) is 2.52. The molecule has 0 spiro atoms. The first-order chi connectivity index (χ1) is 8.32. The van der Waals surface area contributed by atoms with Crippen LogP contribution in [-0.4, -0.2) is 37.0 Å². The molecule has 100 valence electrons. The van der Waals surface area contributed by atoms with Gasteiger partial charge in [0.1, 0.15) is 0 Å². The van der Waals surface area contributed by atoms with Crippen molar-refractivity contribution in [3.8, 4) is 0 Å². The number of rotatable bonds is 3. The molecule has 1 fully saturated rings. The summed E-state index contributed by atoms with van der Waals surface area (Å²) in [5.74, 6) is 0. The van der Waals surface area contributed by atoms with Gasteiger partial charge in [-0.05, 0) is 19.9 Å². The Hall–Kier alpha value is -1.45. The van der Waals surface area contributed by atoms with E-state index in [-0.39, 0.29) is 0 Å². The van der Waals surface area contributed by atoms with Crippen molar-refractivity contribution in [2.45, 2.75) is 23.8 Å². The van der Waals surface area contributed by atoms with Crippen molar-refractivity contribution in [2.75, 3.05) is 13.1 Å². The van der Waals surface area contributed by atoms with Gasteiger partial charge in [0, 0.05) is 18.3 Å². The van der Waals surface area contributed by atoms with Crippen molar-refractivity contribution >= 4 is 10.0 Å². The van der Waals surface area contributed by atoms with Crippen LogP contribution < -0.4 is 21.3 Å². The van der Waals surface area contributed by atoms with Crippen LogP contribution in [0.3, 0.4) is 0 Å². The molecule has 0 radical (unpaired) electrons. The number of aromatic amines is 2. The van der Waals surface area contributed by atoms with Gasteiger partial charge >= 0.3 is 5.69 Å². The maximum atomic E-state index is 12.0. The van der Waals surface area contributed by atoms with Crippen molar-refractivity contribution in [2.24, 2.45) is 0 Å². The Balaban J connectivity index is 2.37. The average molecular weight is 274 g/mol. The van der Waals surface area contributed by atoms with E-state index in [4.69, 9.17) is 0 Å². The summed E-state index contributed by atoms with van der Waals surface area (Å²) >= 11 is 0. The van der Waals surface area contributed by atoms with Crippen LogP contribution in [-0.2, 0) is 10.0 Å². The van der Waals surface area contributed by atoms with Gasteiger partial charge in [-0.2, -0.15) is 0 Å². The Morgan fingerprint density at radius 2 is 2.11 bits per heavy atom. The van der Waals surface area contributed by atoms with Gasteiger partial charge < -0.3 is 10.3 Å². The minimum atomic E-state index is -3.95. The molecule has 9 heteroatoms. The van der Waals surface area contributed by atoms with E-state index >= 15 is 0 Å². The average Bonchev–Trinajstić information content (AvgIpc) is 2.62. The fourth-order valence-corrected chi connectivity index (χ4v) is 3.32. The fraction of sp³-hybridized carbons (Fsp3) is 0.556. The van der Waals surface area contributed by atoms with Crippen LogP contribution in [0.25, 0.3) is 0 Å². The largest absolute Gasteiger partial charge is 0.325 e. The van der Waals surface area contributed by atoms with E-state index in [2.05, 4.69) is 15.0 Å². The molecule has 0 bridgehead atoms. The highest BCUT2D eigenvalue weighted by Gasteiger charge is 2.34. The van der Waals surface area contributed by atoms with Crippen LogP contribution in [0.15, 0.2) is 20.7 Å². The molecule has 0 aliphatic carbocycles. The molecular weight excluding hydrogens is 260 g/mol. The van der Waals surface area contributed by atoms with Gasteiger partial charge in [-0.15, -0.1) is 0 Å². The van der Waals surface area contributed by atoms with Gasteiger partial charge in [0.15, 0.2) is 4.90 Å². The minimum Gasteiger partial charge on any atom is -0.315 e. The molecule has 1 aliphatic rings.